The van der Waals surface area contributed by atoms with Crippen molar-refractivity contribution in [2.24, 2.45) is 10.8 Å². The summed E-state index contributed by atoms with van der Waals surface area (Å²) in [5, 5.41) is 5.42. The summed E-state index contributed by atoms with van der Waals surface area (Å²) in [4.78, 5) is 24.7. The maximum absolute atomic E-state index is 13.1. The Balaban J connectivity index is 2.73. The molecule has 0 radical (unpaired) electrons. The van der Waals surface area contributed by atoms with Gasteiger partial charge in [0.05, 0.1) is 6.04 Å². The molecule has 128 valence electrons. The number of benzene rings is 1. The van der Waals surface area contributed by atoms with Gasteiger partial charge in [0.2, 0.25) is 0 Å². The second kappa shape index (κ2) is 7.11. The van der Waals surface area contributed by atoms with Crippen LogP contribution in [0.15, 0.2) is 24.3 Å². The number of ketones is 1. The lowest BCUT2D eigenvalue weighted by atomic mass is 9.76. The molecule has 4 nitrogen and oxygen atoms in total. The number of carbonyl (C=O) groups excluding carboxylic acids is 2. The molecule has 0 aliphatic heterocycles. The van der Waals surface area contributed by atoms with Crippen LogP contribution in [0, 0.1) is 16.6 Å². The van der Waals surface area contributed by atoms with Crippen LogP contribution in [0.5, 0.6) is 0 Å². The van der Waals surface area contributed by atoms with E-state index < -0.39 is 22.9 Å². The minimum atomic E-state index is -0.602. The summed E-state index contributed by atoms with van der Waals surface area (Å²) in [6.07, 6.45) is 0. The molecule has 5 heteroatoms. The van der Waals surface area contributed by atoms with Crippen molar-refractivity contribution >= 4 is 11.8 Å². The second-order valence-corrected chi connectivity index (χ2v) is 7.87. The topological polar surface area (TPSA) is 58.2 Å². The van der Waals surface area contributed by atoms with E-state index in [0.717, 1.165) is 0 Å². The SMILES string of the molecule is CC(C)(C)C(=O)C(NC(=O)NCc1cccc(F)c1)C(C)(C)C. The Labute approximate surface area is 137 Å². The zero-order valence-electron chi connectivity index (χ0n) is 14.8. The summed E-state index contributed by atoms with van der Waals surface area (Å²) in [5.41, 5.74) is -0.288. The van der Waals surface area contributed by atoms with Crippen molar-refractivity contribution in [1.82, 2.24) is 10.6 Å². The standard InChI is InChI=1S/C18H27FN2O2/c1-17(2,3)14(15(22)18(4,5)6)21-16(23)20-11-12-8-7-9-13(19)10-12/h7-10,14H,11H2,1-6H3,(H2,20,21,23). The van der Waals surface area contributed by atoms with E-state index in [0.29, 0.717) is 5.56 Å². The summed E-state index contributed by atoms with van der Waals surface area (Å²) in [5.74, 6) is -0.369. The number of carbonyl (C=O) groups is 2. The molecule has 0 bridgehead atoms. The van der Waals surface area contributed by atoms with Gasteiger partial charge in [-0.1, -0.05) is 53.7 Å². The monoisotopic (exact) mass is 322 g/mol. The zero-order chi connectivity index (χ0) is 17.8. The molecule has 23 heavy (non-hydrogen) atoms. The summed E-state index contributed by atoms with van der Waals surface area (Å²) in [6, 6.07) is 4.99. The highest BCUT2D eigenvalue weighted by atomic mass is 19.1. The molecule has 0 aliphatic rings. The number of Topliss-reactive ketones (excluding diaryl/α,β-unsaturated/α-hetero) is 1. The van der Waals surface area contributed by atoms with Crippen LogP contribution in [0.25, 0.3) is 0 Å². The third kappa shape index (κ3) is 6.00. The number of urea groups is 1. The van der Waals surface area contributed by atoms with Gasteiger partial charge in [-0.2, -0.15) is 0 Å². The highest BCUT2D eigenvalue weighted by Gasteiger charge is 2.38. The predicted molar refractivity (Wildman–Crippen MR) is 89.5 cm³/mol. The molecule has 0 heterocycles. The van der Waals surface area contributed by atoms with Crippen molar-refractivity contribution < 1.29 is 14.0 Å². The van der Waals surface area contributed by atoms with Crippen molar-refractivity contribution in [2.75, 3.05) is 0 Å². The number of amides is 2. The predicted octanol–water partition coefficient (Wildman–Crippen LogP) is 3.65. The van der Waals surface area contributed by atoms with Crippen molar-refractivity contribution in [3.05, 3.63) is 35.6 Å². The first-order valence-corrected chi connectivity index (χ1v) is 7.74. The smallest absolute Gasteiger partial charge is 0.315 e. The third-order valence-electron chi connectivity index (χ3n) is 3.48. The molecule has 0 fully saturated rings. The van der Waals surface area contributed by atoms with E-state index in [9.17, 15) is 14.0 Å². The van der Waals surface area contributed by atoms with E-state index in [-0.39, 0.29) is 18.1 Å². The lowest BCUT2D eigenvalue weighted by Crippen LogP contribution is -2.55. The van der Waals surface area contributed by atoms with Gasteiger partial charge in [-0.25, -0.2) is 9.18 Å². The van der Waals surface area contributed by atoms with Crippen LogP contribution in [0.2, 0.25) is 0 Å². The zero-order valence-corrected chi connectivity index (χ0v) is 14.8. The van der Waals surface area contributed by atoms with Gasteiger partial charge in [0.1, 0.15) is 5.82 Å². The van der Waals surface area contributed by atoms with E-state index in [1.165, 1.54) is 12.1 Å². The molecule has 0 saturated carbocycles. The fourth-order valence-electron chi connectivity index (χ4n) is 2.12. The van der Waals surface area contributed by atoms with E-state index in [4.69, 9.17) is 0 Å². The van der Waals surface area contributed by atoms with Gasteiger partial charge in [0, 0.05) is 12.0 Å². The van der Waals surface area contributed by atoms with E-state index in [2.05, 4.69) is 10.6 Å². The fraction of sp³-hybridized carbons (Fsp3) is 0.556. The van der Waals surface area contributed by atoms with Crippen molar-refractivity contribution in [2.45, 2.75) is 54.1 Å². The lowest BCUT2D eigenvalue weighted by Gasteiger charge is -2.34. The van der Waals surface area contributed by atoms with Gasteiger partial charge in [-0.05, 0) is 23.1 Å². The molecule has 1 rings (SSSR count). The Morgan fingerprint density at radius 1 is 1.13 bits per heavy atom. The normalized spacial score (nSPS) is 13.3. The van der Waals surface area contributed by atoms with Crippen LogP contribution in [0.3, 0.4) is 0 Å². The van der Waals surface area contributed by atoms with Gasteiger partial charge in [-0.3, -0.25) is 4.79 Å². The van der Waals surface area contributed by atoms with Crippen LogP contribution in [0.1, 0.15) is 47.1 Å². The molecule has 0 spiro atoms. The third-order valence-corrected chi connectivity index (χ3v) is 3.48. The lowest BCUT2D eigenvalue weighted by molar-refractivity contribution is -0.130. The first kappa shape index (κ1) is 19.1. The molecule has 0 saturated heterocycles. The average Bonchev–Trinajstić information content (AvgIpc) is 2.39. The molecule has 1 aromatic rings. The van der Waals surface area contributed by atoms with Gasteiger partial charge < -0.3 is 10.6 Å². The molecular formula is C18H27FN2O2. The molecule has 1 atom stereocenters. The molecule has 2 N–H and O–H groups in total. The molecule has 2 amide bonds. The fourth-order valence-corrected chi connectivity index (χ4v) is 2.12. The number of hydrogen-bond acceptors (Lipinski definition) is 2. The van der Waals surface area contributed by atoms with Gasteiger partial charge in [0.15, 0.2) is 5.78 Å². The van der Waals surface area contributed by atoms with Crippen LogP contribution in [0.4, 0.5) is 9.18 Å². The minimum Gasteiger partial charge on any atom is -0.334 e. The number of halogens is 1. The number of nitrogens with one attached hydrogen (secondary N) is 2. The van der Waals surface area contributed by atoms with Crippen LogP contribution < -0.4 is 10.6 Å². The number of rotatable bonds is 4. The summed E-state index contributed by atoms with van der Waals surface area (Å²) in [6.45, 7) is 11.4. The summed E-state index contributed by atoms with van der Waals surface area (Å²) < 4.78 is 13.1. The van der Waals surface area contributed by atoms with Crippen LogP contribution in [-0.2, 0) is 11.3 Å². The first-order valence-electron chi connectivity index (χ1n) is 7.74. The average molecular weight is 322 g/mol. The van der Waals surface area contributed by atoms with Crippen molar-refractivity contribution in [3.63, 3.8) is 0 Å². The molecule has 1 unspecified atom stereocenters. The molecule has 0 aromatic heterocycles. The Kier molecular flexibility index (Phi) is 5.92. The summed E-state index contributed by atoms with van der Waals surface area (Å²) in [7, 11) is 0. The first-order chi connectivity index (χ1) is 10.4. The molecular weight excluding hydrogens is 295 g/mol. The Hall–Kier alpha value is -1.91. The Bertz CT molecular complexity index is 571. The van der Waals surface area contributed by atoms with Crippen LogP contribution in [-0.4, -0.2) is 17.9 Å². The summed E-state index contributed by atoms with van der Waals surface area (Å²) >= 11 is 0. The molecule has 0 aliphatic carbocycles. The largest absolute Gasteiger partial charge is 0.334 e. The van der Waals surface area contributed by atoms with E-state index in [1.807, 2.05) is 41.5 Å². The van der Waals surface area contributed by atoms with E-state index >= 15 is 0 Å². The quantitative estimate of drug-likeness (QED) is 0.889. The number of hydrogen-bond donors (Lipinski definition) is 2. The maximum Gasteiger partial charge on any atom is 0.315 e. The Morgan fingerprint density at radius 2 is 1.74 bits per heavy atom. The highest BCUT2D eigenvalue weighted by molar-refractivity contribution is 5.92. The van der Waals surface area contributed by atoms with Gasteiger partial charge in [0.25, 0.3) is 0 Å². The van der Waals surface area contributed by atoms with Crippen molar-refractivity contribution in [3.8, 4) is 0 Å². The van der Waals surface area contributed by atoms with Gasteiger partial charge >= 0.3 is 6.03 Å². The minimum absolute atomic E-state index is 0.0223. The highest BCUT2D eigenvalue weighted by Crippen LogP contribution is 2.27. The van der Waals surface area contributed by atoms with Crippen molar-refractivity contribution in [1.29, 1.82) is 0 Å². The molecule has 1 aromatic carbocycles. The second-order valence-electron chi connectivity index (χ2n) is 7.87. The van der Waals surface area contributed by atoms with Crippen LogP contribution >= 0.6 is 0 Å². The Morgan fingerprint density at radius 3 is 2.22 bits per heavy atom. The van der Waals surface area contributed by atoms with Gasteiger partial charge in [-0.15, -0.1) is 0 Å². The van der Waals surface area contributed by atoms with E-state index in [1.54, 1.807) is 12.1 Å². The maximum atomic E-state index is 13.1.